The predicted molar refractivity (Wildman–Crippen MR) is 136 cm³/mol. The maximum atomic E-state index is 13.3. The summed E-state index contributed by atoms with van der Waals surface area (Å²) in [5.41, 5.74) is 2.66. The number of carbonyl (C=O) groups is 4. The molecule has 0 spiro atoms. The Balaban J connectivity index is 1.77. The Morgan fingerprint density at radius 1 is 0.722 bits per heavy atom. The van der Waals surface area contributed by atoms with Crippen LogP contribution in [-0.2, 0) is 32.0 Å². The molecule has 0 aliphatic heterocycles. The highest BCUT2D eigenvalue weighted by Gasteiger charge is 2.28. The van der Waals surface area contributed by atoms with Crippen molar-refractivity contribution in [3.8, 4) is 0 Å². The number of esters is 1. The van der Waals surface area contributed by atoms with Gasteiger partial charge in [0.05, 0.1) is 7.11 Å². The second-order valence-corrected chi connectivity index (χ2v) is 8.25. The fourth-order valence-corrected chi connectivity index (χ4v) is 3.66. The third-order valence-corrected chi connectivity index (χ3v) is 5.46. The second kappa shape index (κ2) is 12.9. The van der Waals surface area contributed by atoms with Gasteiger partial charge >= 0.3 is 5.97 Å². The first-order valence-corrected chi connectivity index (χ1v) is 11.5. The molecule has 36 heavy (non-hydrogen) atoms. The molecule has 8 nitrogen and oxygen atoms in total. The monoisotopic (exact) mass is 487 g/mol. The number of hydrogen-bond donors (Lipinski definition) is 3. The highest BCUT2D eigenvalue weighted by Crippen LogP contribution is 2.13. The van der Waals surface area contributed by atoms with E-state index >= 15 is 0 Å². The maximum Gasteiger partial charge on any atom is 0.328 e. The average molecular weight is 488 g/mol. The fourth-order valence-electron chi connectivity index (χ4n) is 3.66. The smallest absolute Gasteiger partial charge is 0.328 e. The molecule has 0 fully saturated rings. The van der Waals surface area contributed by atoms with Gasteiger partial charge in [0.15, 0.2) is 0 Å². The number of anilines is 1. The van der Waals surface area contributed by atoms with E-state index in [0.717, 1.165) is 11.1 Å². The third kappa shape index (κ3) is 7.80. The van der Waals surface area contributed by atoms with Gasteiger partial charge in [0, 0.05) is 31.0 Å². The van der Waals surface area contributed by atoms with E-state index in [4.69, 9.17) is 4.74 Å². The fraction of sp³-hybridized carbons (Fsp3) is 0.214. The van der Waals surface area contributed by atoms with Crippen molar-refractivity contribution in [1.29, 1.82) is 0 Å². The number of nitrogens with one attached hydrogen (secondary N) is 3. The summed E-state index contributed by atoms with van der Waals surface area (Å²) in [6.45, 7) is 1.42. The quantitative estimate of drug-likeness (QED) is 0.381. The van der Waals surface area contributed by atoms with Crippen LogP contribution in [0.2, 0.25) is 0 Å². The van der Waals surface area contributed by atoms with E-state index in [-0.39, 0.29) is 18.7 Å². The van der Waals surface area contributed by atoms with Gasteiger partial charge < -0.3 is 20.7 Å². The summed E-state index contributed by atoms with van der Waals surface area (Å²) in [5, 5.41) is 8.21. The summed E-state index contributed by atoms with van der Waals surface area (Å²) in [7, 11) is 1.25. The first kappa shape index (κ1) is 26.2. The van der Waals surface area contributed by atoms with Gasteiger partial charge in [0.2, 0.25) is 11.8 Å². The first-order chi connectivity index (χ1) is 17.4. The minimum absolute atomic E-state index is 0.170. The first-order valence-electron chi connectivity index (χ1n) is 11.5. The van der Waals surface area contributed by atoms with Gasteiger partial charge in [0.25, 0.3) is 5.91 Å². The van der Waals surface area contributed by atoms with Gasteiger partial charge in [-0.3, -0.25) is 14.4 Å². The summed E-state index contributed by atoms with van der Waals surface area (Å²) in [5.74, 6) is -1.70. The molecule has 2 atom stereocenters. The van der Waals surface area contributed by atoms with Gasteiger partial charge in [-0.05, 0) is 35.4 Å². The van der Waals surface area contributed by atoms with Crippen molar-refractivity contribution < 1.29 is 23.9 Å². The molecular weight excluding hydrogens is 458 g/mol. The molecule has 3 aromatic rings. The molecule has 3 aromatic carbocycles. The lowest BCUT2D eigenvalue weighted by atomic mass is 10.0. The lowest BCUT2D eigenvalue weighted by Gasteiger charge is -2.23. The zero-order valence-corrected chi connectivity index (χ0v) is 20.2. The Labute approximate surface area is 210 Å². The van der Waals surface area contributed by atoms with E-state index in [0.29, 0.717) is 11.3 Å². The number of amides is 3. The Hall–Kier alpha value is -4.46. The van der Waals surface area contributed by atoms with Crippen molar-refractivity contribution in [1.82, 2.24) is 10.6 Å². The Morgan fingerprint density at radius 2 is 1.28 bits per heavy atom. The van der Waals surface area contributed by atoms with E-state index in [1.807, 2.05) is 30.3 Å². The normalized spacial score (nSPS) is 12.1. The molecule has 186 valence electrons. The Kier molecular flexibility index (Phi) is 9.33. The van der Waals surface area contributed by atoms with Crippen molar-refractivity contribution >= 4 is 29.4 Å². The molecule has 0 bridgehead atoms. The topological polar surface area (TPSA) is 114 Å². The molecule has 0 unspecified atom stereocenters. The van der Waals surface area contributed by atoms with Crippen molar-refractivity contribution in [3.05, 3.63) is 102 Å². The molecular formula is C28H29N3O5. The lowest BCUT2D eigenvalue weighted by Crippen LogP contribution is -2.53. The van der Waals surface area contributed by atoms with Crippen LogP contribution in [0.25, 0.3) is 0 Å². The van der Waals surface area contributed by atoms with Gasteiger partial charge in [-0.2, -0.15) is 0 Å². The van der Waals surface area contributed by atoms with Crippen LogP contribution in [0.1, 0.15) is 28.4 Å². The van der Waals surface area contributed by atoms with E-state index in [1.54, 1.807) is 54.6 Å². The van der Waals surface area contributed by atoms with Crippen LogP contribution in [0.4, 0.5) is 5.69 Å². The van der Waals surface area contributed by atoms with E-state index in [9.17, 15) is 19.2 Å². The second-order valence-electron chi connectivity index (χ2n) is 8.25. The van der Waals surface area contributed by atoms with Crippen LogP contribution in [-0.4, -0.2) is 42.9 Å². The van der Waals surface area contributed by atoms with Crippen molar-refractivity contribution in [2.45, 2.75) is 31.8 Å². The van der Waals surface area contributed by atoms with E-state index < -0.39 is 29.9 Å². The van der Waals surface area contributed by atoms with E-state index in [1.165, 1.54) is 14.0 Å². The molecule has 8 heteroatoms. The van der Waals surface area contributed by atoms with E-state index in [2.05, 4.69) is 16.0 Å². The van der Waals surface area contributed by atoms with Crippen molar-refractivity contribution in [2.75, 3.05) is 12.4 Å². The maximum absolute atomic E-state index is 13.3. The van der Waals surface area contributed by atoms with Crippen molar-refractivity contribution in [2.24, 2.45) is 0 Å². The van der Waals surface area contributed by atoms with Gasteiger partial charge in [-0.25, -0.2) is 4.79 Å². The number of benzene rings is 3. The lowest BCUT2D eigenvalue weighted by molar-refractivity contribution is -0.145. The Morgan fingerprint density at radius 3 is 1.86 bits per heavy atom. The van der Waals surface area contributed by atoms with Crippen LogP contribution < -0.4 is 16.0 Å². The van der Waals surface area contributed by atoms with Crippen LogP contribution in [0.15, 0.2) is 84.9 Å². The molecule has 0 radical (unpaired) electrons. The number of hydrogen-bond acceptors (Lipinski definition) is 5. The largest absolute Gasteiger partial charge is 0.467 e. The minimum atomic E-state index is -0.971. The third-order valence-electron chi connectivity index (χ3n) is 5.46. The summed E-state index contributed by atoms with van der Waals surface area (Å²) in [4.78, 5) is 49.9. The molecule has 3 amide bonds. The number of carbonyl (C=O) groups excluding carboxylic acids is 4. The number of rotatable bonds is 10. The molecule has 0 aliphatic carbocycles. The summed E-state index contributed by atoms with van der Waals surface area (Å²) in [6, 6.07) is 23.0. The zero-order chi connectivity index (χ0) is 25.9. The molecule has 3 N–H and O–H groups in total. The summed E-state index contributed by atoms with van der Waals surface area (Å²) < 4.78 is 4.91. The predicted octanol–water partition coefficient (Wildman–Crippen LogP) is 2.89. The average Bonchev–Trinajstić information content (AvgIpc) is 2.89. The molecule has 0 heterocycles. The standard InChI is InChI=1S/C28H29N3O5/c1-19(32)29-23-15-13-21(14-16-23)18-25(28(35)36-2)31-27(34)24(17-20-9-5-3-6-10-20)30-26(33)22-11-7-4-8-12-22/h3-16,24-25H,17-18H2,1-2H3,(H,29,32)(H,30,33)(H,31,34)/t24-,25-/m0/s1. The summed E-state index contributed by atoms with van der Waals surface area (Å²) in [6.07, 6.45) is 0.411. The van der Waals surface area contributed by atoms with Gasteiger partial charge in [-0.1, -0.05) is 60.7 Å². The molecule has 0 saturated carbocycles. The Bertz CT molecular complexity index is 1180. The van der Waals surface area contributed by atoms with Gasteiger partial charge in [-0.15, -0.1) is 0 Å². The SMILES string of the molecule is COC(=O)[C@H](Cc1ccc(NC(C)=O)cc1)NC(=O)[C@H](Cc1ccccc1)NC(=O)c1ccccc1. The van der Waals surface area contributed by atoms with Crippen LogP contribution in [0.5, 0.6) is 0 Å². The minimum Gasteiger partial charge on any atom is -0.467 e. The molecule has 0 aliphatic rings. The molecule has 3 rings (SSSR count). The van der Waals surface area contributed by atoms with Gasteiger partial charge in [0.1, 0.15) is 12.1 Å². The van der Waals surface area contributed by atoms with Crippen LogP contribution in [0, 0.1) is 0 Å². The summed E-state index contributed by atoms with van der Waals surface area (Å²) >= 11 is 0. The number of ether oxygens (including phenoxy) is 1. The molecule has 0 aromatic heterocycles. The molecule has 0 saturated heterocycles. The zero-order valence-electron chi connectivity index (χ0n) is 20.2. The van der Waals surface area contributed by atoms with Crippen LogP contribution in [0.3, 0.4) is 0 Å². The van der Waals surface area contributed by atoms with Crippen molar-refractivity contribution in [3.63, 3.8) is 0 Å². The highest BCUT2D eigenvalue weighted by atomic mass is 16.5. The highest BCUT2D eigenvalue weighted by molar-refractivity contribution is 5.98. The number of methoxy groups -OCH3 is 1. The van der Waals surface area contributed by atoms with Crippen LogP contribution >= 0.6 is 0 Å².